The van der Waals surface area contributed by atoms with Crippen LogP contribution in [0.25, 0.3) is 0 Å². The molecule has 13 N–H and O–H groups in total. The first-order valence-electron chi connectivity index (χ1n) is 27.4. The summed E-state index contributed by atoms with van der Waals surface area (Å²) in [7, 11) is 0. The van der Waals surface area contributed by atoms with Gasteiger partial charge in [-0.25, -0.2) is 0 Å². The molecule has 9 rings (SSSR count). The Morgan fingerprint density at radius 1 is 0.520 bits per heavy atom. The van der Waals surface area contributed by atoms with Gasteiger partial charge >= 0.3 is 0 Å². The molecular formula is C54H88O21. The van der Waals surface area contributed by atoms with Crippen LogP contribution in [0.3, 0.4) is 0 Å². The monoisotopic (exact) mass is 1070 g/mol. The summed E-state index contributed by atoms with van der Waals surface area (Å²) >= 11 is 0. The van der Waals surface area contributed by atoms with Gasteiger partial charge in [-0.3, -0.25) is 0 Å². The van der Waals surface area contributed by atoms with Crippen molar-refractivity contribution in [2.45, 2.75) is 242 Å². The van der Waals surface area contributed by atoms with Gasteiger partial charge in [-0.2, -0.15) is 0 Å². The van der Waals surface area contributed by atoms with E-state index in [0.717, 1.165) is 51.4 Å². The number of hydrogen-bond donors (Lipinski definition) is 13. The minimum absolute atomic E-state index is 0.0355. The first-order chi connectivity index (χ1) is 35.2. The standard InChI is InChI=1S/C54H88O21/c1-24-33(59)36(62)39(65)45(68-24)74-43-34(60)25(2)69-48(44(43)75-47-40(66)37(63)35(61)28(20-55)70-47)73-42-29(21-56)71-46(41(67)38(42)64)72-32-12-13-50(5)30(51(32,6)22-57)11-14-53(8)31(50)10-9-26-27-19-49(3,4)15-17-54(27,23-58)18-16-52(26,53)7/h9-10,24-25,28-48,55-67H,11-23H2,1-8H3/t24-,25+,28+,29+,30?,31?,32-,33-,34-,35+,36+,37-,38+,39+,40+,41+,42+,43-,44+,45-,46-,47-,48-,50-,51-,52+,53+,54+/m0/s1. The molecule has 4 saturated heterocycles. The fourth-order valence-electron chi connectivity index (χ4n) is 15.9. The Bertz CT molecular complexity index is 2070. The summed E-state index contributed by atoms with van der Waals surface area (Å²) in [6.07, 6.45) is -21.3. The molecule has 0 bridgehead atoms. The first kappa shape index (κ1) is 58.3. The zero-order valence-corrected chi connectivity index (χ0v) is 44.7. The van der Waals surface area contributed by atoms with Crippen LogP contribution in [-0.2, 0) is 37.9 Å². The number of hydrogen-bond acceptors (Lipinski definition) is 21. The zero-order chi connectivity index (χ0) is 54.7. The third-order valence-electron chi connectivity index (χ3n) is 21.0. The second-order valence-electron chi connectivity index (χ2n) is 25.8. The molecule has 5 aliphatic carbocycles. The van der Waals surface area contributed by atoms with Crippen molar-refractivity contribution < 1.29 is 104 Å². The molecule has 4 heterocycles. The second-order valence-corrected chi connectivity index (χ2v) is 25.8. The van der Waals surface area contributed by atoms with Crippen LogP contribution in [0.2, 0.25) is 0 Å². The summed E-state index contributed by atoms with van der Waals surface area (Å²) < 4.78 is 48.9. The van der Waals surface area contributed by atoms with E-state index < -0.39 is 148 Å². The Kier molecular flexibility index (Phi) is 16.5. The van der Waals surface area contributed by atoms with Gasteiger partial charge in [-0.15, -0.1) is 0 Å². The van der Waals surface area contributed by atoms with Gasteiger partial charge < -0.3 is 104 Å². The van der Waals surface area contributed by atoms with E-state index in [9.17, 15) is 66.4 Å². The number of aliphatic hydroxyl groups excluding tert-OH is 13. The van der Waals surface area contributed by atoms with Crippen LogP contribution < -0.4 is 0 Å². The Balaban J connectivity index is 0.950. The molecule has 4 aliphatic heterocycles. The van der Waals surface area contributed by atoms with Crippen molar-refractivity contribution in [2.24, 2.45) is 44.3 Å². The molecule has 0 aromatic rings. The van der Waals surface area contributed by atoms with Gasteiger partial charge in [0.1, 0.15) is 85.5 Å². The number of ether oxygens (including phenoxy) is 8. The lowest BCUT2D eigenvalue weighted by Crippen LogP contribution is -2.68. The second kappa shape index (κ2) is 21.2. The topological polar surface area (TPSA) is 337 Å². The Morgan fingerprint density at radius 3 is 1.73 bits per heavy atom. The van der Waals surface area contributed by atoms with Gasteiger partial charge in [0.05, 0.1) is 44.7 Å². The van der Waals surface area contributed by atoms with Crippen LogP contribution >= 0.6 is 0 Å². The SMILES string of the molecule is C[C@@H]1O[C@@H](O[C@H]2[C@@H](O)[C@@H](C)O[C@@H](O[C@H]3[C@H](O)[C@@H](O)[C@H](O[C@H]4CC[C@@]5(C)C(CC[C@]6(C)C5C=CC5=C7CC(C)(C)CC[C@]7(CO)CC[C@]56C)[C@]4(C)CO)O[C@@H]3CO)[C@@H]2O[C@@H]2O[C@H](CO)[C@@H](O)[C@H](O)[C@H]2O)[C@H](O)[C@H](O)[C@H]1O. The number of aliphatic hydroxyl groups is 13. The van der Waals surface area contributed by atoms with Gasteiger partial charge in [0.15, 0.2) is 25.2 Å². The molecule has 7 fully saturated rings. The van der Waals surface area contributed by atoms with Gasteiger partial charge in [0, 0.05) is 10.8 Å². The fraction of sp³-hybridized carbons (Fsp3) is 0.926. The summed E-state index contributed by atoms with van der Waals surface area (Å²) in [4.78, 5) is 0. The van der Waals surface area contributed by atoms with E-state index in [1.165, 1.54) is 25.0 Å². The van der Waals surface area contributed by atoms with Crippen LogP contribution in [-0.4, -0.2) is 222 Å². The Labute approximate surface area is 439 Å². The largest absolute Gasteiger partial charge is 0.396 e. The molecule has 0 radical (unpaired) electrons. The predicted molar refractivity (Wildman–Crippen MR) is 261 cm³/mol. The molecule has 2 unspecified atom stereocenters. The highest BCUT2D eigenvalue weighted by Gasteiger charge is 2.68. The number of allylic oxidation sites excluding steroid dienone is 3. The highest BCUT2D eigenvalue weighted by Crippen LogP contribution is 2.74. The van der Waals surface area contributed by atoms with E-state index in [1.54, 1.807) is 0 Å². The van der Waals surface area contributed by atoms with E-state index in [1.807, 2.05) is 6.92 Å². The summed E-state index contributed by atoms with van der Waals surface area (Å²) in [6, 6.07) is 0. The van der Waals surface area contributed by atoms with Crippen molar-refractivity contribution in [1.82, 2.24) is 0 Å². The molecule has 3 saturated carbocycles. The lowest BCUT2D eigenvalue weighted by Gasteiger charge is -2.70. The molecule has 21 heteroatoms. The minimum atomic E-state index is -1.98. The lowest BCUT2D eigenvalue weighted by atomic mass is 9.35. The molecule has 21 nitrogen and oxygen atoms in total. The smallest absolute Gasteiger partial charge is 0.187 e. The average molecular weight is 1070 g/mol. The minimum Gasteiger partial charge on any atom is -0.396 e. The van der Waals surface area contributed by atoms with Crippen LogP contribution in [0, 0.1) is 44.3 Å². The van der Waals surface area contributed by atoms with Crippen molar-refractivity contribution in [3.05, 3.63) is 23.3 Å². The van der Waals surface area contributed by atoms with Gasteiger partial charge in [-0.05, 0) is 111 Å². The summed E-state index contributed by atoms with van der Waals surface area (Å²) in [5, 5.41) is 143. The quantitative estimate of drug-likeness (QED) is 0.108. The molecule has 9 aliphatic rings. The predicted octanol–water partition coefficient (Wildman–Crippen LogP) is -0.614. The van der Waals surface area contributed by atoms with E-state index in [4.69, 9.17) is 37.9 Å². The highest BCUT2D eigenvalue weighted by atomic mass is 16.8. The van der Waals surface area contributed by atoms with Crippen molar-refractivity contribution in [3.8, 4) is 0 Å². The van der Waals surface area contributed by atoms with Crippen LogP contribution in [0.15, 0.2) is 23.3 Å². The third kappa shape index (κ3) is 9.47. The fourth-order valence-corrected chi connectivity index (χ4v) is 15.9. The molecule has 0 aromatic heterocycles. The Morgan fingerprint density at radius 2 is 1.08 bits per heavy atom. The maximum atomic E-state index is 12.0. The molecule has 430 valence electrons. The Hall–Kier alpha value is -1.36. The average Bonchev–Trinajstić information content (AvgIpc) is 3.37. The number of rotatable bonds is 12. The van der Waals surface area contributed by atoms with Gasteiger partial charge in [-0.1, -0.05) is 59.3 Å². The maximum absolute atomic E-state index is 12.0. The molecule has 28 atom stereocenters. The van der Waals surface area contributed by atoms with Crippen LogP contribution in [0.5, 0.6) is 0 Å². The van der Waals surface area contributed by atoms with Crippen molar-refractivity contribution >= 4 is 0 Å². The molecule has 75 heavy (non-hydrogen) atoms. The summed E-state index contributed by atoms with van der Waals surface area (Å²) in [6.45, 7) is 15.1. The number of fused-ring (bicyclic) bond motifs is 6. The van der Waals surface area contributed by atoms with Crippen LogP contribution in [0.4, 0.5) is 0 Å². The highest BCUT2D eigenvalue weighted by molar-refractivity contribution is 5.46. The van der Waals surface area contributed by atoms with Crippen molar-refractivity contribution in [2.75, 3.05) is 26.4 Å². The van der Waals surface area contributed by atoms with Gasteiger partial charge in [0.2, 0.25) is 0 Å². The summed E-state index contributed by atoms with van der Waals surface area (Å²) in [5.74, 6) is 0.123. The first-order valence-corrected chi connectivity index (χ1v) is 27.4. The molecule has 0 amide bonds. The lowest BCUT2D eigenvalue weighted by molar-refractivity contribution is -0.404. The van der Waals surface area contributed by atoms with Gasteiger partial charge in [0.25, 0.3) is 0 Å². The van der Waals surface area contributed by atoms with Crippen molar-refractivity contribution in [1.29, 1.82) is 0 Å². The summed E-state index contributed by atoms with van der Waals surface area (Å²) in [5.41, 5.74) is 1.44. The molecule has 0 aromatic carbocycles. The molecular weight excluding hydrogens is 985 g/mol. The third-order valence-corrected chi connectivity index (χ3v) is 21.0. The maximum Gasteiger partial charge on any atom is 0.187 e. The van der Waals surface area contributed by atoms with E-state index >= 15 is 0 Å². The van der Waals surface area contributed by atoms with Crippen LogP contribution in [0.1, 0.15) is 113 Å². The normalized spacial score (nSPS) is 54.9. The van der Waals surface area contributed by atoms with E-state index in [2.05, 4.69) is 46.8 Å². The van der Waals surface area contributed by atoms with E-state index in [0.29, 0.717) is 6.42 Å². The molecule has 0 spiro atoms. The van der Waals surface area contributed by atoms with Crippen molar-refractivity contribution in [3.63, 3.8) is 0 Å². The van der Waals surface area contributed by atoms with E-state index in [-0.39, 0.29) is 52.1 Å². The zero-order valence-electron chi connectivity index (χ0n) is 44.7.